The van der Waals surface area contributed by atoms with Crippen LogP contribution in [0, 0.1) is 0 Å². The summed E-state index contributed by atoms with van der Waals surface area (Å²) < 4.78 is 0. The van der Waals surface area contributed by atoms with Crippen LogP contribution in [0.3, 0.4) is 0 Å². The summed E-state index contributed by atoms with van der Waals surface area (Å²) in [5.74, 6) is 0.611. The number of Topliss-reactive ketones (excluding diaryl/α,β-unsaturated/α-hetero) is 1. The molecule has 14 heavy (non-hydrogen) atoms. The molecule has 6 nitrogen and oxygen atoms in total. The summed E-state index contributed by atoms with van der Waals surface area (Å²) in [6.07, 6.45) is 2.65. The zero-order valence-electron chi connectivity index (χ0n) is 8.10. The van der Waals surface area contributed by atoms with Crippen molar-refractivity contribution in [1.82, 2.24) is 25.5 Å². The second-order valence-electron chi connectivity index (χ2n) is 3.57. The minimum absolute atomic E-state index is 0.116. The van der Waals surface area contributed by atoms with Gasteiger partial charge < -0.3 is 5.32 Å². The van der Waals surface area contributed by atoms with Crippen molar-refractivity contribution in [2.45, 2.75) is 25.3 Å². The van der Waals surface area contributed by atoms with Crippen molar-refractivity contribution in [3.05, 3.63) is 5.82 Å². The molecule has 0 atom stereocenters. The van der Waals surface area contributed by atoms with E-state index in [-0.39, 0.29) is 12.2 Å². The molecule has 1 aromatic heterocycles. The lowest BCUT2D eigenvalue weighted by atomic mass is 10.3. The number of nitrogens with zero attached hydrogens (tertiary/aromatic N) is 4. The molecule has 0 amide bonds. The molecule has 0 radical (unpaired) electrons. The Kier molecular flexibility index (Phi) is 2.53. The molecule has 2 rings (SSSR count). The second kappa shape index (κ2) is 3.83. The molecular weight excluding hydrogens is 182 g/mol. The van der Waals surface area contributed by atoms with Gasteiger partial charge in [0, 0.05) is 6.04 Å². The van der Waals surface area contributed by atoms with E-state index in [4.69, 9.17) is 0 Å². The summed E-state index contributed by atoms with van der Waals surface area (Å²) in [4.78, 5) is 12.7. The standard InChI is InChI=1S/C8H13N5O/c1-13-11-8(10-12-13)4-7(14)5-9-6-2-3-6/h6,9H,2-5H2,1H3. The molecule has 0 spiro atoms. The number of aromatic nitrogens is 4. The number of ketones is 1. The van der Waals surface area contributed by atoms with Gasteiger partial charge in [0.1, 0.15) is 0 Å². The van der Waals surface area contributed by atoms with Gasteiger partial charge in [-0.1, -0.05) is 0 Å². The maximum absolute atomic E-state index is 11.4. The van der Waals surface area contributed by atoms with E-state index in [1.807, 2.05) is 0 Å². The second-order valence-corrected chi connectivity index (χ2v) is 3.57. The average molecular weight is 195 g/mol. The van der Waals surface area contributed by atoms with Crippen LogP contribution in [0.15, 0.2) is 0 Å². The van der Waals surface area contributed by atoms with Crippen molar-refractivity contribution in [3.63, 3.8) is 0 Å². The fourth-order valence-electron chi connectivity index (χ4n) is 1.18. The zero-order valence-corrected chi connectivity index (χ0v) is 8.10. The van der Waals surface area contributed by atoms with Gasteiger partial charge in [-0.25, -0.2) is 0 Å². The van der Waals surface area contributed by atoms with E-state index < -0.39 is 0 Å². The van der Waals surface area contributed by atoms with Crippen molar-refractivity contribution >= 4 is 5.78 Å². The lowest BCUT2D eigenvalue weighted by Crippen LogP contribution is -2.26. The quantitative estimate of drug-likeness (QED) is 0.657. The van der Waals surface area contributed by atoms with Gasteiger partial charge >= 0.3 is 0 Å². The van der Waals surface area contributed by atoms with E-state index in [0.29, 0.717) is 18.4 Å². The Bertz CT molecular complexity index is 330. The number of carbonyl (C=O) groups excluding carboxylic acids is 1. The van der Waals surface area contributed by atoms with Crippen molar-refractivity contribution in [2.24, 2.45) is 7.05 Å². The molecule has 1 fully saturated rings. The smallest absolute Gasteiger partial charge is 0.182 e. The van der Waals surface area contributed by atoms with E-state index in [0.717, 1.165) is 0 Å². The van der Waals surface area contributed by atoms with Crippen LogP contribution in [0.1, 0.15) is 18.7 Å². The van der Waals surface area contributed by atoms with Gasteiger partial charge in [0.15, 0.2) is 11.6 Å². The van der Waals surface area contributed by atoms with Crippen molar-refractivity contribution in [2.75, 3.05) is 6.54 Å². The molecular formula is C8H13N5O. The Morgan fingerprint density at radius 2 is 2.43 bits per heavy atom. The monoisotopic (exact) mass is 195 g/mol. The maximum atomic E-state index is 11.4. The first-order valence-corrected chi connectivity index (χ1v) is 4.72. The Labute approximate surface area is 81.7 Å². The SMILES string of the molecule is Cn1nnc(CC(=O)CNC2CC2)n1. The summed E-state index contributed by atoms with van der Waals surface area (Å²) in [7, 11) is 1.68. The summed E-state index contributed by atoms with van der Waals surface area (Å²) in [6.45, 7) is 0.420. The molecule has 0 bridgehead atoms. The third kappa shape index (κ3) is 2.59. The van der Waals surface area contributed by atoms with E-state index >= 15 is 0 Å². The molecule has 6 heteroatoms. The van der Waals surface area contributed by atoms with E-state index in [1.165, 1.54) is 17.6 Å². The van der Waals surface area contributed by atoms with Crippen LogP contribution in [0.2, 0.25) is 0 Å². The molecule has 1 aliphatic carbocycles. The third-order valence-electron chi connectivity index (χ3n) is 2.07. The summed E-state index contributed by atoms with van der Waals surface area (Å²) in [5, 5.41) is 14.5. The highest BCUT2D eigenvalue weighted by Crippen LogP contribution is 2.17. The predicted octanol–water partition coefficient (Wildman–Crippen LogP) is -0.926. The third-order valence-corrected chi connectivity index (χ3v) is 2.07. The largest absolute Gasteiger partial charge is 0.307 e. The molecule has 0 aromatic carbocycles. The highest BCUT2D eigenvalue weighted by Gasteiger charge is 2.21. The fraction of sp³-hybridized carbons (Fsp3) is 0.750. The van der Waals surface area contributed by atoms with Gasteiger partial charge in [0.05, 0.1) is 20.0 Å². The molecule has 0 saturated heterocycles. The number of tetrazole rings is 1. The van der Waals surface area contributed by atoms with Crippen molar-refractivity contribution in [3.8, 4) is 0 Å². The van der Waals surface area contributed by atoms with Gasteiger partial charge in [-0.05, 0) is 18.1 Å². The molecule has 0 unspecified atom stereocenters. The van der Waals surface area contributed by atoms with Crippen molar-refractivity contribution in [1.29, 1.82) is 0 Å². The van der Waals surface area contributed by atoms with Gasteiger partial charge in [-0.2, -0.15) is 4.80 Å². The van der Waals surface area contributed by atoms with E-state index in [1.54, 1.807) is 7.05 Å². The highest BCUT2D eigenvalue weighted by atomic mass is 16.1. The van der Waals surface area contributed by atoms with Gasteiger partial charge in [0.2, 0.25) is 0 Å². The number of hydrogen-bond donors (Lipinski definition) is 1. The van der Waals surface area contributed by atoms with Crippen LogP contribution in [-0.4, -0.2) is 38.6 Å². The Morgan fingerprint density at radius 3 is 3.00 bits per heavy atom. The number of aryl methyl sites for hydroxylation is 1. The predicted molar refractivity (Wildman–Crippen MR) is 48.5 cm³/mol. The molecule has 1 heterocycles. The van der Waals surface area contributed by atoms with Crippen LogP contribution >= 0.6 is 0 Å². The summed E-state index contributed by atoms with van der Waals surface area (Å²) in [6, 6.07) is 0.564. The van der Waals surface area contributed by atoms with Crippen LogP contribution in [0.5, 0.6) is 0 Å². The highest BCUT2D eigenvalue weighted by molar-refractivity contribution is 5.82. The van der Waals surface area contributed by atoms with Gasteiger partial charge in [0.25, 0.3) is 0 Å². The molecule has 0 aliphatic heterocycles. The normalized spacial score (nSPS) is 15.8. The zero-order chi connectivity index (χ0) is 9.97. The minimum Gasteiger partial charge on any atom is -0.307 e. The lowest BCUT2D eigenvalue weighted by Gasteiger charge is -1.98. The Morgan fingerprint density at radius 1 is 1.64 bits per heavy atom. The number of rotatable bonds is 5. The lowest BCUT2D eigenvalue weighted by molar-refractivity contribution is -0.117. The maximum Gasteiger partial charge on any atom is 0.182 e. The minimum atomic E-state index is 0.116. The number of nitrogens with one attached hydrogen (secondary N) is 1. The first kappa shape index (κ1) is 9.26. The van der Waals surface area contributed by atoms with Crippen LogP contribution < -0.4 is 5.32 Å². The Hall–Kier alpha value is -1.30. The summed E-state index contributed by atoms with van der Waals surface area (Å²) >= 11 is 0. The number of carbonyl (C=O) groups is 1. The molecule has 76 valence electrons. The Balaban J connectivity index is 1.75. The molecule has 1 aliphatic rings. The molecule has 1 saturated carbocycles. The molecule has 1 N–H and O–H groups in total. The topological polar surface area (TPSA) is 72.7 Å². The van der Waals surface area contributed by atoms with Crippen LogP contribution in [0.4, 0.5) is 0 Å². The fourth-order valence-corrected chi connectivity index (χ4v) is 1.18. The van der Waals surface area contributed by atoms with E-state index in [9.17, 15) is 4.79 Å². The van der Waals surface area contributed by atoms with Crippen LogP contribution in [0.25, 0.3) is 0 Å². The molecule has 1 aromatic rings. The van der Waals surface area contributed by atoms with Crippen LogP contribution in [-0.2, 0) is 18.3 Å². The summed E-state index contributed by atoms with van der Waals surface area (Å²) in [5.41, 5.74) is 0. The first-order chi connectivity index (χ1) is 6.74. The number of hydrogen-bond acceptors (Lipinski definition) is 5. The van der Waals surface area contributed by atoms with Gasteiger partial charge in [-0.3, -0.25) is 4.79 Å². The first-order valence-electron chi connectivity index (χ1n) is 4.72. The van der Waals surface area contributed by atoms with E-state index in [2.05, 4.69) is 20.7 Å². The van der Waals surface area contributed by atoms with Gasteiger partial charge in [-0.15, -0.1) is 10.2 Å². The van der Waals surface area contributed by atoms with Crippen molar-refractivity contribution < 1.29 is 4.79 Å². The average Bonchev–Trinajstić information content (AvgIpc) is 2.88.